The lowest BCUT2D eigenvalue weighted by atomic mass is 10.0. The van der Waals surface area contributed by atoms with Crippen LogP contribution in [0.4, 0.5) is 0 Å². The number of carbonyl (C=O) groups is 1. The monoisotopic (exact) mass is 316 g/mol. The maximum absolute atomic E-state index is 10.3. The van der Waals surface area contributed by atoms with Crippen molar-refractivity contribution in [2.45, 2.75) is 117 Å². The van der Waals surface area contributed by atoms with Crippen LogP contribution in [-0.2, 0) is 4.79 Å². The molecule has 0 spiro atoms. The number of unbranched alkanes of at least 4 members (excludes halogenated alkanes) is 10. The second kappa shape index (κ2) is 18.5. The van der Waals surface area contributed by atoms with E-state index in [4.69, 9.17) is 5.11 Å². The van der Waals surface area contributed by atoms with Gasteiger partial charge in [-0.25, -0.2) is 0 Å². The molecule has 0 saturated carbocycles. The maximum Gasteiger partial charge on any atom is 0.303 e. The molecule has 0 aromatic rings. The molecule has 0 fully saturated rings. The molecular weight excluding hydrogens is 276 g/mol. The van der Waals surface area contributed by atoms with E-state index in [0.29, 0.717) is 6.42 Å². The Labute approximate surface area is 138 Å². The lowest BCUT2D eigenvalue weighted by Crippen LogP contribution is -2.05. The molecular formula is C19H40O3. The van der Waals surface area contributed by atoms with Crippen molar-refractivity contribution in [1.82, 2.24) is 0 Å². The summed E-state index contributed by atoms with van der Waals surface area (Å²) in [5, 5.41) is 18.4. The average molecular weight is 317 g/mol. The Morgan fingerprint density at radius 3 is 1.64 bits per heavy atom. The van der Waals surface area contributed by atoms with Crippen molar-refractivity contribution in [3.8, 4) is 0 Å². The molecule has 0 aromatic heterocycles. The first-order chi connectivity index (χ1) is 10.2. The molecule has 0 aromatic carbocycles. The molecule has 0 aliphatic rings. The van der Waals surface area contributed by atoms with Crippen LogP contribution < -0.4 is 0 Å². The second-order valence-electron chi connectivity index (χ2n) is 6.26. The fraction of sp³-hybridized carbons (Fsp3) is 0.947. The Morgan fingerprint density at radius 2 is 1.18 bits per heavy atom. The number of rotatable bonds is 16. The summed E-state index contributed by atoms with van der Waals surface area (Å²) in [7, 11) is 0. The molecule has 1 atom stereocenters. The Hall–Kier alpha value is -0.570. The van der Waals surface area contributed by atoms with Crippen LogP contribution in [0.3, 0.4) is 0 Å². The van der Waals surface area contributed by atoms with Gasteiger partial charge in [-0.05, 0) is 19.3 Å². The molecule has 134 valence electrons. The Bertz CT molecular complexity index is 229. The lowest BCUT2D eigenvalue weighted by molar-refractivity contribution is -0.137. The van der Waals surface area contributed by atoms with Gasteiger partial charge in [0, 0.05) is 6.42 Å². The summed E-state index contributed by atoms with van der Waals surface area (Å²) < 4.78 is 0. The smallest absolute Gasteiger partial charge is 0.303 e. The predicted octanol–water partition coefficient (Wildman–Crippen LogP) is 5.94. The highest BCUT2D eigenvalue weighted by atomic mass is 16.4. The predicted molar refractivity (Wildman–Crippen MR) is 95.3 cm³/mol. The number of carboxylic acid groups (broad SMARTS) is 1. The molecule has 3 nitrogen and oxygen atoms in total. The van der Waals surface area contributed by atoms with Gasteiger partial charge in [-0.15, -0.1) is 0 Å². The van der Waals surface area contributed by atoms with Gasteiger partial charge in [0.15, 0.2) is 0 Å². The molecule has 0 saturated heterocycles. The summed E-state index contributed by atoms with van der Waals surface area (Å²) in [5.41, 5.74) is 0. The summed E-state index contributed by atoms with van der Waals surface area (Å²) >= 11 is 0. The van der Waals surface area contributed by atoms with Gasteiger partial charge in [0.05, 0.1) is 6.10 Å². The molecule has 0 amide bonds. The van der Waals surface area contributed by atoms with E-state index >= 15 is 0 Å². The van der Waals surface area contributed by atoms with Crippen LogP contribution >= 0.6 is 0 Å². The number of aliphatic carboxylic acids is 1. The fourth-order valence-electron chi connectivity index (χ4n) is 2.67. The number of hydrogen-bond donors (Lipinski definition) is 2. The highest BCUT2D eigenvalue weighted by Gasteiger charge is 2.03. The molecule has 0 heterocycles. The largest absolute Gasteiger partial charge is 0.481 e. The first-order valence-electron chi connectivity index (χ1n) is 9.06. The van der Waals surface area contributed by atoms with Crippen LogP contribution in [0.25, 0.3) is 0 Å². The maximum atomic E-state index is 10.3. The number of aliphatic hydroxyl groups is 1. The van der Waals surface area contributed by atoms with Crippen molar-refractivity contribution < 1.29 is 15.0 Å². The van der Waals surface area contributed by atoms with Crippen LogP contribution in [0, 0.1) is 0 Å². The molecule has 0 rings (SSSR count). The topological polar surface area (TPSA) is 57.5 Å². The number of aliphatic hydroxyl groups excluding tert-OH is 1. The van der Waals surface area contributed by atoms with E-state index in [1.165, 1.54) is 51.4 Å². The van der Waals surface area contributed by atoms with Gasteiger partial charge in [-0.2, -0.15) is 0 Å². The third-order valence-electron chi connectivity index (χ3n) is 4.07. The quantitative estimate of drug-likeness (QED) is 0.346. The third-order valence-corrected chi connectivity index (χ3v) is 4.07. The van der Waals surface area contributed by atoms with Gasteiger partial charge in [0.1, 0.15) is 0 Å². The SMILES string of the molecule is C.CCCCCCC(O)CCCCCCCCCCC(=O)O. The first-order valence-corrected chi connectivity index (χ1v) is 9.06. The van der Waals surface area contributed by atoms with Crippen LogP contribution in [-0.4, -0.2) is 22.3 Å². The number of hydrogen-bond acceptors (Lipinski definition) is 2. The number of carboxylic acids is 1. The van der Waals surface area contributed by atoms with Gasteiger partial charge in [0.2, 0.25) is 0 Å². The van der Waals surface area contributed by atoms with Crippen molar-refractivity contribution in [1.29, 1.82) is 0 Å². The summed E-state index contributed by atoms with van der Waals surface area (Å²) in [6.07, 6.45) is 16.3. The van der Waals surface area contributed by atoms with E-state index in [1.54, 1.807) is 0 Å². The minimum absolute atomic E-state index is 0. The van der Waals surface area contributed by atoms with E-state index < -0.39 is 5.97 Å². The molecule has 0 radical (unpaired) electrons. The zero-order valence-electron chi connectivity index (χ0n) is 14.0. The zero-order chi connectivity index (χ0) is 15.8. The first kappa shape index (κ1) is 23.7. The van der Waals surface area contributed by atoms with Gasteiger partial charge in [-0.1, -0.05) is 85.0 Å². The highest BCUT2D eigenvalue weighted by molar-refractivity contribution is 5.66. The third kappa shape index (κ3) is 19.4. The van der Waals surface area contributed by atoms with Crippen LogP contribution in [0.15, 0.2) is 0 Å². The Morgan fingerprint density at radius 1 is 0.773 bits per heavy atom. The van der Waals surface area contributed by atoms with E-state index in [1.807, 2.05) is 0 Å². The van der Waals surface area contributed by atoms with Crippen LogP contribution in [0.1, 0.15) is 111 Å². The van der Waals surface area contributed by atoms with Gasteiger partial charge < -0.3 is 10.2 Å². The minimum atomic E-state index is -0.678. The molecule has 0 aliphatic heterocycles. The van der Waals surface area contributed by atoms with Crippen molar-refractivity contribution in [2.75, 3.05) is 0 Å². The van der Waals surface area contributed by atoms with Crippen LogP contribution in [0.5, 0.6) is 0 Å². The molecule has 0 aliphatic carbocycles. The molecule has 2 N–H and O–H groups in total. The van der Waals surface area contributed by atoms with Crippen LogP contribution in [0.2, 0.25) is 0 Å². The van der Waals surface area contributed by atoms with E-state index in [-0.39, 0.29) is 13.5 Å². The highest BCUT2D eigenvalue weighted by Crippen LogP contribution is 2.14. The Balaban J connectivity index is 0. The normalized spacial score (nSPS) is 11.9. The van der Waals surface area contributed by atoms with Crippen molar-refractivity contribution in [2.24, 2.45) is 0 Å². The molecule has 22 heavy (non-hydrogen) atoms. The van der Waals surface area contributed by atoms with E-state index in [0.717, 1.165) is 38.5 Å². The van der Waals surface area contributed by atoms with E-state index in [2.05, 4.69) is 6.92 Å². The molecule has 1 unspecified atom stereocenters. The summed E-state index contributed by atoms with van der Waals surface area (Å²) in [6, 6.07) is 0. The summed E-state index contributed by atoms with van der Waals surface area (Å²) in [6.45, 7) is 2.21. The van der Waals surface area contributed by atoms with Crippen molar-refractivity contribution in [3.63, 3.8) is 0 Å². The summed E-state index contributed by atoms with van der Waals surface area (Å²) in [4.78, 5) is 10.3. The standard InChI is InChI=1S/C18H36O3.CH4/c1-2-3-4-11-14-17(19)15-12-9-7-5-6-8-10-13-16-18(20)21;/h17,19H,2-16H2,1H3,(H,20,21);1H4. The van der Waals surface area contributed by atoms with Crippen molar-refractivity contribution in [3.05, 3.63) is 0 Å². The van der Waals surface area contributed by atoms with Crippen molar-refractivity contribution >= 4 is 5.97 Å². The Kier molecular flexibility index (Phi) is 19.9. The molecule has 3 heteroatoms. The van der Waals surface area contributed by atoms with Gasteiger partial charge >= 0.3 is 5.97 Å². The average Bonchev–Trinajstić information content (AvgIpc) is 2.45. The summed E-state index contributed by atoms with van der Waals surface area (Å²) in [5.74, 6) is -0.678. The molecule has 0 bridgehead atoms. The lowest BCUT2D eigenvalue weighted by Gasteiger charge is -2.10. The fourth-order valence-corrected chi connectivity index (χ4v) is 2.67. The zero-order valence-corrected chi connectivity index (χ0v) is 14.0. The second-order valence-corrected chi connectivity index (χ2v) is 6.26. The van der Waals surface area contributed by atoms with Gasteiger partial charge in [0.25, 0.3) is 0 Å². The van der Waals surface area contributed by atoms with E-state index in [9.17, 15) is 9.90 Å². The van der Waals surface area contributed by atoms with Gasteiger partial charge in [-0.3, -0.25) is 4.79 Å². The minimum Gasteiger partial charge on any atom is -0.481 e.